The van der Waals surface area contributed by atoms with Crippen LogP contribution in [-0.4, -0.2) is 33.4 Å². The van der Waals surface area contributed by atoms with Crippen LogP contribution in [0.2, 0.25) is 5.02 Å². The van der Waals surface area contributed by atoms with Crippen LogP contribution in [0.3, 0.4) is 0 Å². The molecule has 0 spiro atoms. The number of carbonyl (C=O) groups excluding carboxylic acids is 1. The summed E-state index contributed by atoms with van der Waals surface area (Å²) in [5, 5.41) is 3.53. The summed E-state index contributed by atoms with van der Waals surface area (Å²) in [6, 6.07) is 7.93. The Labute approximate surface area is 146 Å². The van der Waals surface area contributed by atoms with Crippen molar-refractivity contribution in [2.75, 3.05) is 18.4 Å². The van der Waals surface area contributed by atoms with Crippen molar-refractivity contribution in [2.45, 2.75) is 38.3 Å². The monoisotopic (exact) mass is 344 g/mol. The molecule has 1 aliphatic carbocycles. The largest absolute Gasteiger partial charge is 0.331 e. The zero-order chi connectivity index (χ0) is 16.5. The van der Waals surface area contributed by atoms with Crippen LogP contribution >= 0.6 is 11.6 Å². The molecule has 1 aliphatic heterocycles. The summed E-state index contributed by atoms with van der Waals surface area (Å²) in [5.74, 6) is 0.0200. The molecule has 1 amide bonds. The van der Waals surface area contributed by atoms with Crippen LogP contribution < -0.4 is 5.32 Å². The quantitative estimate of drug-likeness (QED) is 0.905. The molecule has 2 heterocycles. The summed E-state index contributed by atoms with van der Waals surface area (Å²) in [7, 11) is 0. The lowest BCUT2D eigenvalue weighted by Crippen LogP contribution is -2.33. The molecule has 126 valence electrons. The van der Waals surface area contributed by atoms with Gasteiger partial charge in [0.25, 0.3) is 0 Å². The van der Waals surface area contributed by atoms with Gasteiger partial charge in [-0.3, -0.25) is 9.69 Å². The maximum Gasteiger partial charge on any atom is 0.225 e. The second-order valence-corrected chi connectivity index (χ2v) is 7.05. The maximum absolute atomic E-state index is 12.1. The van der Waals surface area contributed by atoms with Crippen molar-refractivity contribution in [3.05, 3.63) is 47.0 Å². The molecule has 5 nitrogen and oxygen atoms in total. The Hall–Kier alpha value is -1.85. The van der Waals surface area contributed by atoms with Crippen LogP contribution in [0.4, 0.5) is 5.69 Å². The van der Waals surface area contributed by atoms with Crippen LogP contribution in [0.25, 0.3) is 0 Å². The number of hydrogen-bond acceptors (Lipinski definition) is 3. The molecule has 4 rings (SSSR count). The first-order valence-corrected chi connectivity index (χ1v) is 8.89. The molecule has 6 heteroatoms. The highest BCUT2D eigenvalue weighted by Crippen LogP contribution is 2.37. The van der Waals surface area contributed by atoms with Crippen LogP contribution in [0.15, 0.2) is 30.6 Å². The number of nitrogens with zero attached hydrogens (tertiary/aromatic N) is 3. The molecule has 0 unspecified atom stereocenters. The van der Waals surface area contributed by atoms with E-state index in [4.69, 9.17) is 11.6 Å². The maximum atomic E-state index is 12.1. The lowest BCUT2D eigenvalue weighted by Gasteiger charge is -2.26. The summed E-state index contributed by atoms with van der Waals surface area (Å²) in [5.41, 5.74) is 3.33. The summed E-state index contributed by atoms with van der Waals surface area (Å²) < 4.78 is 2.36. The van der Waals surface area contributed by atoms with Crippen molar-refractivity contribution < 1.29 is 4.79 Å². The Morgan fingerprint density at radius 1 is 1.38 bits per heavy atom. The van der Waals surface area contributed by atoms with E-state index >= 15 is 0 Å². The summed E-state index contributed by atoms with van der Waals surface area (Å²) in [6.07, 6.45) is 6.08. The number of aromatic nitrogens is 2. The molecule has 1 fully saturated rings. The van der Waals surface area contributed by atoms with Crippen molar-refractivity contribution in [2.24, 2.45) is 0 Å². The van der Waals surface area contributed by atoms with E-state index in [-0.39, 0.29) is 5.91 Å². The zero-order valence-corrected chi connectivity index (χ0v) is 14.3. The van der Waals surface area contributed by atoms with Gasteiger partial charge in [-0.05, 0) is 31.0 Å². The summed E-state index contributed by atoms with van der Waals surface area (Å²) in [6.45, 7) is 2.59. The minimum atomic E-state index is 0.0200. The van der Waals surface area contributed by atoms with E-state index in [9.17, 15) is 4.79 Å². The lowest BCUT2D eigenvalue weighted by molar-refractivity contribution is -0.116. The van der Waals surface area contributed by atoms with E-state index in [1.165, 1.54) is 24.2 Å². The van der Waals surface area contributed by atoms with E-state index in [0.29, 0.717) is 17.5 Å². The van der Waals surface area contributed by atoms with Crippen molar-refractivity contribution in [3.63, 3.8) is 0 Å². The van der Waals surface area contributed by atoms with E-state index in [1.807, 2.05) is 18.5 Å². The molecule has 0 radical (unpaired) electrons. The lowest BCUT2D eigenvalue weighted by atomic mass is 10.1. The Morgan fingerprint density at radius 3 is 3.04 bits per heavy atom. The van der Waals surface area contributed by atoms with Crippen molar-refractivity contribution in [1.29, 1.82) is 0 Å². The highest BCUT2D eigenvalue weighted by Gasteiger charge is 2.29. The molecule has 0 saturated heterocycles. The fourth-order valence-electron chi connectivity index (χ4n) is 3.29. The molecular weight excluding hydrogens is 324 g/mol. The number of hydrogen-bond donors (Lipinski definition) is 1. The number of nitrogens with one attached hydrogen (secondary N) is 1. The Kier molecular flexibility index (Phi) is 4.29. The SMILES string of the molecule is O=C(CCN1CCc2c(ncn2C2CC2)C1)Nc1cccc(Cl)c1. The van der Waals surface area contributed by atoms with E-state index in [2.05, 4.69) is 19.8 Å². The third-order valence-corrected chi connectivity index (χ3v) is 4.96. The first kappa shape index (κ1) is 15.7. The molecule has 1 aromatic heterocycles. The molecule has 0 atom stereocenters. The summed E-state index contributed by atoms with van der Waals surface area (Å²) in [4.78, 5) is 19.0. The van der Waals surface area contributed by atoms with Crippen LogP contribution in [0, 0.1) is 0 Å². The molecule has 1 aromatic carbocycles. The van der Waals surface area contributed by atoms with Gasteiger partial charge >= 0.3 is 0 Å². The normalized spacial score (nSPS) is 17.5. The number of carbonyl (C=O) groups is 1. The molecule has 0 bridgehead atoms. The molecule has 24 heavy (non-hydrogen) atoms. The van der Waals surface area contributed by atoms with Crippen LogP contribution in [-0.2, 0) is 17.8 Å². The highest BCUT2D eigenvalue weighted by atomic mass is 35.5. The summed E-state index contributed by atoms with van der Waals surface area (Å²) >= 11 is 5.94. The number of imidazole rings is 1. The molecular formula is C18H21ClN4O. The topological polar surface area (TPSA) is 50.2 Å². The van der Waals surface area contributed by atoms with Crippen LogP contribution in [0.5, 0.6) is 0 Å². The van der Waals surface area contributed by atoms with E-state index in [1.54, 1.807) is 12.1 Å². The van der Waals surface area contributed by atoms with Gasteiger partial charge in [0.1, 0.15) is 0 Å². The molecule has 1 N–H and O–H groups in total. The number of fused-ring (bicyclic) bond motifs is 1. The Morgan fingerprint density at radius 2 is 2.25 bits per heavy atom. The average Bonchev–Trinajstić information content (AvgIpc) is 3.32. The van der Waals surface area contributed by atoms with Gasteiger partial charge in [-0.25, -0.2) is 4.98 Å². The van der Waals surface area contributed by atoms with E-state index in [0.717, 1.165) is 31.7 Å². The fraction of sp³-hybridized carbons (Fsp3) is 0.444. The van der Waals surface area contributed by atoms with Crippen molar-refractivity contribution in [3.8, 4) is 0 Å². The molecule has 2 aromatic rings. The van der Waals surface area contributed by atoms with Crippen LogP contribution in [0.1, 0.15) is 36.7 Å². The van der Waals surface area contributed by atoms with Gasteiger partial charge in [-0.1, -0.05) is 17.7 Å². The Balaban J connectivity index is 1.29. The number of amides is 1. The third-order valence-electron chi connectivity index (χ3n) is 4.72. The fourth-order valence-corrected chi connectivity index (χ4v) is 3.48. The van der Waals surface area contributed by atoms with Crippen molar-refractivity contribution >= 4 is 23.2 Å². The highest BCUT2D eigenvalue weighted by molar-refractivity contribution is 6.30. The average molecular weight is 345 g/mol. The minimum Gasteiger partial charge on any atom is -0.331 e. The van der Waals surface area contributed by atoms with Gasteiger partial charge in [0, 0.05) is 54.9 Å². The smallest absolute Gasteiger partial charge is 0.225 e. The first-order chi connectivity index (χ1) is 11.7. The second kappa shape index (κ2) is 6.57. The zero-order valence-electron chi connectivity index (χ0n) is 13.5. The number of benzene rings is 1. The predicted octanol–water partition coefficient (Wildman–Crippen LogP) is 3.26. The predicted molar refractivity (Wildman–Crippen MR) is 94.2 cm³/mol. The van der Waals surface area contributed by atoms with Gasteiger partial charge in [0.15, 0.2) is 0 Å². The Bertz CT molecular complexity index is 753. The molecule has 1 saturated carbocycles. The molecule has 2 aliphatic rings. The van der Waals surface area contributed by atoms with Gasteiger partial charge in [-0.15, -0.1) is 0 Å². The number of rotatable bonds is 5. The van der Waals surface area contributed by atoms with E-state index < -0.39 is 0 Å². The van der Waals surface area contributed by atoms with Gasteiger partial charge in [0.05, 0.1) is 12.0 Å². The van der Waals surface area contributed by atoms with Gasteiger partial charge in [0.2, 0.25) is 5.91 Å². The first-order valence-electron chi connectivity index (χ1n) is 8.51. The minimum absolute atomic E-state index is 0.0200. The van der Waals surface area contributed by atoms with Gasteiger partial charge < -0.3 is 9.88 Å². The standard InChI is InChI=1S/C18H21ClN4O/c19-13-2-1-3-14(10-13)21-18(24)7-9-22-8-6-17-16(11-22)20-12-23(17)15-4-5-15/h1-3,10,12,15H,4-9,11H2,(H,21,24). The number of halogens is 1. The third kappa shape index (κ3) is 3.47. The van der Waals surface area contributed by atoms with Gasteiger partial charge in [-0.2, -0.15) is 0 Å². The number of anilines is 1. The van der Waals surface area contributed by atoms with Crippen molar-refractivity contribution in [1.82, 2.24) is 14.5 Å². The second-order valence-electron chi connectivity index (χ2n) is 6.61.